The molecule has 1 atom stereocenters. The lowest BCUT2D eigenvalue weighted by molar-refractivity contribution is -0.133. The van der Waals surface area contributed by atoms with Crippen molar-refractivity contribution in [3.8, 4) is 56.1 Å². The summed E-state index contributed by atoms with van der Waals surface area (Å²) in [6, 6.07) is 0. The number of alkyl halides is 1. The van der Waals surface area contributed by atoms with Crippen molar-refractivity contribution in [1.82, 2.24) is 0 Å². The quantitative estimate of drug-likeness (QED) is 0.254. The highest BCUT2D eigenvalue weighted by atomic mass is 127. The van der Waals surface area contributed by atoms with E-state index in [2.05, 4.69) is 64.9 Å². The van der Waals surface area contributed by atoms with Gasteiger partial charge in [-0.15, -0.1) is 0 Å². The lowest BCUT2D eigenvalue weighted by atomic mass is 10.1. The SMILES string of the molecule is COC(=O)C#CC(F)(C#CI)C#CC#CCC#CBr. The Balaban J connectivity index is 5.05. The van der Waals surface area contributed by atoms with Gasteiger partial charge in [0.1, 0.15) is 0 Å². The smallest absolute Gasteiger partial charge is 0.384 e. The van der Waals surface area contributed by atoms with Gasteiger partial charge in [0.15, 0.2) is 0 Å². The van der Waals surface area contributed by atoms with Crippen molar-refractivity contribution in [2.45, 2.75) is 12.1 Å². The van der Waals surface area contributed by atoms with E-state index < -0.39 is 11.6 Å². The zero-order valence-corrected chi connectivity index (χ0v) is 13.4. The lowest BCUT2D eigenvalue weighted by Gasteiger charge is -2.00. The number of ether oxygens (including phenoxy) is 1. The van der Waals surface area contributed by atoms with Crippen LogP contribution in [0, 0.1) is 56.1 Å². The van der Waals surface area contributed by atoms with Crippen molar-refractivity contribution >= 4 is 44.5 Å². The van der Waals surface area contributed by atoms with E-state index in [4.69, 9.17) is 0 Å². The van der Waals surface area contributed by atoms with Crippen LogP contribution in [0.15, 0.2) is 0 Å². The summed E-state index contributed by atoms with van der Waals surface area (Å²) in [6.07, 6.45) is 0.311. The number of hydrogen-bond acceptors (Lipinski definition) is 2. The van der Waals surface area contributed by atoms with Crippen molar-refractivity contribution in [1.29, 1.82) is 0 Å². The van der Waals surface area contributed by atoms with E-state index in [9.17, 15) is 9.18 Å². The maximum atomic E-state index is 14.0. The van der Waals surface area contributed by atoms with E-state index in [1.807, 2.05) is 11.8 Å². The molecule has 0 radical (unpaired) electrons. The van der Waals surface area contributed by atoms with Gasteiger partial charge in [-0.2, -0.15) is 0 Å². The van der Waals surface area contributed by atoms with Gasteiger partial charge in [-0.25, -0.2) is 9.18 Å². The van der Waals surface area contributed by atoms with Gasteiger partial charge in [0, 0.05) is 44.4 Å². The fraction of sp³-hybridized carbons (Fsp3) is 0.214. The third-order valence-corrected chi connectivity index (χ3v) is 1.92. The van der Waals surface area contributed by atoms with Crippen molar-refractivity contribution < 1.29 is 13.9 Å². The fourth-order valence-electron chi connectivity index (χ4n) is 0.630. The van der Waals surface area contributed by atoms with Crippen LogP contribution in [0.4, 0.5) is 4.39 Å². The van der Waals surface area contributed by atoms with Gasteiger partial charge < -0.3 is 4.74 Å². The molecular weight excluding hydrogens is 426 g/mol. The van der Waals surface area contributed by atoms with Crippen LogP contribution in [-0.4, -0.2) is 18.7 Å². The molecule has 19 heavy (non-hydrogen) atoms. The highest BCUT2D eigenvalue weighted by Crippen LogP contribution is 2.07. The molecule has 0 rings (SSSR count). The number of methoxy groups -OCH3 is 1. The Morgan fingerprint density at radius 2 is 2.05 bits per heavy atom. The molecule has 0 aliphatic rings. The number of halogens is 3. The molecule has 0 spiro atoms. The molecule has 0 aromatic rings. The Morgan fingerprint density at radius 3 is 2.63 bits per heavy atom. The molecule has 0 fully saturated rings. The van der Waals surface area contributed by atoms with Crippen LogP contribution in [0.5, 0.6) is 0 Å². The Morgan fingerprint density at radius 1 is 1.32 bits per heavy atom. The topological polar surface area (TPSA) is 26.3 Å². The molecule has 0 N–H and O–H groups in total. The largest absolute Gasteiger partial charge is 0.459 e. The van der Waals surface area contributed by atoms with Crippen molar-refractivity contribution in [3.63, 3.8) is 0 Å². The first kappa shape index (κ1) is 17.4. The van der Waals surface area contributed by atoms with E-state index in [1.165, 1.54) is 0 Å². The molecule has 0 aromatic carbocycles. The second-order valence-corrected chi connectivity index (χ2v) is 3.56. The van der Waals surface area contributed by atoms with Gasteiger partial charge in [0.2, 0.25) is 0 Å². The predicted molar refractivity (Wildman–Crippen MR) is 82.3 cm³/mol. The van der Waals surface area contributed by atoms with Gasteiger partial charge in [0.05, 0.1) is 13.5 Å². The molecule has 0 saturated heterocycles. The van der Waals surface area contributed by atoms with Crippen LogP contribution in [0.25, 0.3) is 0 Å². The summed E-state index contributed by atoms with van der Waals surface area (Å²) in [5.41, 5.74) is -2.41. The standard InChI is InChI=1S/C14H5BrFIO2/c1-19-13(18)7-9-14(16,10-12-17)8-5-3-2-4-6-11-15/h4H2,1H3. The number of rotatable bonds is 0. The molecule has 0 bridgehead atoms. The first-order valence-electron chi connectivity index (χ1n) is 4.59. The highest BCUT2D eigenvalue weighted by molar-refractivity contribution is 14.1. The van der Waals surface area contributed by atoms with Crippen molar-refractivity contribution in [2.24, 2.45) is 0 Å². The number of carbonyl (C=O) groups excluding carboxylic acids is 1. The molecule has 0 heterocycles. The fourth-order valence-corrected chi connectivity index (χ4v) is 1.14. The first-order valence-corrected chi connectivity index (χ1v) is 6.46. The summed E-state index contributed by atoms with van der Waals surface area (Å²) in [4.78, 5) is 13.3. The van der Waals surface area contributed by atoms with E-state index in [1.54, 1.807) is 22.6 Å². The Hall–Kier alpha value is -1.59. The monoisotopic (exact) mass is 430 g/mol. The zero-order valence-electron chi connectivity index (χ0n) is 9.66. The third kappa shape index (κ3) is 9.04. The van der Waals surface area contributed by atoms with E-state index in [0.717, 1.165) is 7.11 Å². The molecule has 0 saturated carbocycles. The Bertz CT molecular complexity index is 644. The first-order chi connectivity index (χ1) is 9.08. The molecule has 94 valence electrons. The molecule has 0 amide bonds. The van der Waals surface area contributed by atoms with Gasteiger partial charge >= 0.3 is 5.97 Å². The third-order valence-electron chi connectivity index (χ3n) is 1.37. The molecule has 0 aliphatic carbocycles. The van der Waals surface area contributed by atoms with Crippen LogP contribution in [0.2, 0.25) is 0 Å². The van der Waals surface area contributed by atoms with Crippen LogP contribution >= 0.6 is 38.5 Å². The molecule has 0 aliphatic heterocycles. The molecule has 5 heteroatoms. The Labute approximate surface area is 133 Å². The van der Waals surface area contributed by atoms with E-state index >= 15 is 0 Å². The molecule has 1 unspecified atom stereocenters. The maximum absolute atomic E-state index is 14.0. The minimum atomic E-state index is -2.41. The summed E-state index contributed by atoms with van der Waals surface area (Å²) >= 11 is 4.55. The summed E-state index contributed by atoms with van der Waals surface area (Å²) in [7, 11) is 1.14. The predicted octanol–water partition coefficient (Wildman–Crippen LogP) is 2.02. The minimum Gasteiger partial charge on any atom is -0.459 e. The van der Waals surface area contributed by atoms with Crippen LogP contribution in [-0.2, 0) is 9.53 Å². The Kier molecular flexibility index (Phi) is 9.48. The second-order valence-electron chi connectivity index (χ2n) is 2.62. The highest BCUT2D eigenvalue weighted by Gasteiger charge is 2.21. The maximum Gasteiger partial charge on any atom is 0.384 e. The summed E-state index contributed by atoms with van der Waals surface area (Å²) in [5.74, 6) is 17.3. The van der Waals surface area contributed by atoms with Crippen molar-refractivity contribution in [2.75, 3.05) is 7.11 Å². The number of carbonyl (C=O) groups is 1. The number of esters is 1. The van der Waals surface area contributed by atoms with Crippen LogP contribution < -0.4 is 0 Å². The average molecular weight is 431 g/mol. The van der Waals surface area contributed by atoms with Gasteiger partial charge in [-0.1, -0.05) is 11.8 Å². The number of hydrogen-bond donors (Lipinski definition) is 0. The second kappa shape index (κ2) is 10.3. The lowest BCUT2D eigenvalue weighted by Crippen LogP contribution is -2.15. The van der Waals surface area contributed by atoms with Crippen LogP contribution in [0.3, 0.4) is 0 Å². The van der Waals surface area contributed by atoms with Gasteiger partial charge in [-0.05, 0) is 38.4 Å². The van der Waals surface area contributed by atoms with Gasteiger partial charge in [0.25, 0.3) is 5.67 Å². The minimum absolute atomic E-state index is 0.311. The summed E-state index contributed by atoms with van der Waals surface area (Å²) < 4.78 is 20.6. The normalized spacial score (nSPS) is 9.89. The molecule has 2 nitrogen and oxygen atoms in total. The van der Waals surface area contributed by atoms with E-state index in [0.29, 0.717) is 6.42 Å². The van der Waals surface area contributed by atoms with Crippen molar-refractivity contribution in [3.05, 3.63) is 0 Å². The summed E-state index contributed by atoms with van der Waals surface area (Å²) in [5, 5.41) is 0. The average Bonchev–Trinajstić information content (AvgIpc) is 2.40. The van der Waals surface area contributed by atoms with Gasteiger partial charge in [-0.3, -0.25) is 0 Å². The molecular formula is C14H5BrFIO2. The van der Waals surface area contributed by atoms with Crippen LogP contribution in [0.1, 0.15) is 6.42 Å². The molecule has 0 aromatic heterocycles. The van der Waals surface area contributed by atoms with E-state index in [-0.39, 0.29) is 0 Å². The summed E-state index contributed by atoms with van der Waals surface area (Å²) in [6.45, 7) is 0. The zero-order chi connectivity index (χ0) is 14.6.